The van der Waals surface area contributed by atoms with Gasteiger partial charge in [-0.3, -0.25) is 4.79 Å². The second-order valence-electron chi connectivity index (χ2n) is 5.84. The minimum atomic E-state index is -0.0337. The number of amides is 1. The Hall–Kier alpha value is -2.93. The summed E-state index contributed by atoms with van der Waals surface area (Å²) in [5, 5.41) is 12.7. The van der Waals surface area contributed by atoms with Gasteiger partial charge >= 0.3 is 0 Å². The highest BCUT2D eigenvalue weighted by Gasteiger charge is 2.10. The van der Waals surface area contributed by atoms with Gasteiger partial charge in [0, 0.05) is 17.4 Å². The van der Waals surface area contributed by atoms with E-state index in [0.29, 0.717) is 17.3 Å². The normalized spacial score (nSPS) is 11.1. The summed E-state index contributed by atoms with van der Waals surface area (Å²) in [4.78, 5) is 19.7. The lowest BCUT2D eigenvalue weighted by molar-refractivity contribution is -0.118. The van der Waals surface area contributed by atoms with Crippen molar-refractivity contribution in [3.05, 3.63) is 60.2 Å². The van der Waals surface area contributed by atoms with Crippen molar-refractivity contribution in [2.45, 2.75) is 11.6 Å². The molecule has 2 heterocycles. The molecule has 2 aromatic heterocycles. The summed E-state index contributed by atoms with van der Waals surface area (Å²) in [6.07, 6.45) is 0.816. The first kappa shape index (κ1) is 16.5. The number of rotatable bonds is 6. The van der Waals surface area contributed by atoms with Gasteiger partial charge in [0.15, 0.2) is 5.65 Å². The van der Waals surface area contributed by atoms with Gasteiger partial charge < -0.3 is 10.3 Å². The molecule has 0 saturated heterocycles. The SMILES string of the molecule is O=C(CSc1nnc2[nH]c3ccccc3c2n1)NCCc1ccccc1. The zero-order valence-corrected chi connectivity index (χ0v) is 14.8. The maximum Gasteiger partial charge on any atom is 0.230 e. The minimum absolute atomic E-state index is 0.0337. The molecule has 7 heteroatoms. The van der Waals surface area contributed by atoms with E-state index in [0.717, 1.165) is 22.8 Å². The Morgan fingerprint density at radius 2 is 1.85 bits per heavy atom. The standard InChI is InChI=1S/C19H17N5OS/c25-16(20-11-10-13-6-2-1-3-7-13)12-26-19-22-17-14-8-4-5-9-15(14)21-18(17)23-24-19/h1-9H,10-12H2,(H,20,25)(H,21,23). The van der Waals surface area contributed by atoms with Crippen molar-refractivity contribution >= 4 is 39.7 Å². The smallest absolute Gasteiger partial charge is 0.230 e. The summed E-state index contributed by atoms with van der Waals surface area (Å²) in [5.41, 5.74) is 3.62. The fourth-order valence-corrected chi connectivity index (χ4v) is 3.36. The number of benzene rings is 2. The van der Waals surface area contributed by atoms with Crippen LogP contribution in [0, 0.1) is 0 Å². The molecule has 26 heavy (non-hydrogen) atoms. The zero-order chi connectivity index (χ0) is 17.8. The number of fused-ring (bicyclic) bond motifs is 3. The molecular formula is C19H17N5OS. The number of para-hydroxylation sites is 1. The third-order valence-electron chi connectivity index (χ3n) is 4.01. The van der Waals surface area contributed by atoms with Crippen LogP contribution >= 0.6 is 11.8 Å². The predicted molar refractivity (Wildman–Crippen MR) is 103 cm³/mol. The van der Waals surface area contributed by atoms with Crippen LogP contribution in [-0.4, -0.2) is 38.4 Å². The average Bonchev–Trinajstić information content (AvgIpc) is 3.05. The molecule has 0 unspecified atom stereocenters. The summed E-state index contributed by atoms with van der Waals surface area (Å²) in [7, 11) is 0. The van der Waals surface area contributed by atoms with E-state index in [-0.39, 0.29) is 11.7 Å². The van der Waals surface area contributed by atoms with Crippen molar-refractivity contribution < 1.29 is 4.79 Å². The lowest BCUT2D eigenvalue weighted by Gasteiger charge is -2.04. The third-order valence-corrected chi connectivity index (χ3v) is 4.85. The van der Waals surface area contributed by atoms with Gasteiger partial charge in [-0.15, -0.1) is 10.2 Å². The maximum atomic E-state index is 12.0. The fraction of sp³-hybridized carbons (Fsp3) is 0.158. The predicted octanol–water partition coefficient (Wildman–Crippen LogP) is 2.96. The van der Waals surface area contributed by atoms with Crippen LogP contribution in [0.25, 0.3) is 22.1 Å². The number of hydrogen-bond donors (Lipinski definition) is 2. The van der Waals surface area contributed by atoms with Gasteiger partial charge in [0.1, 0.15) is 5.52 Å². The quantitative estimate of drug-likeness (QED) is 0.515. The Labute approximate surface area is 154 Å². The highest BCUT2D eigenvalue weighted by atomic mass is 32.2. The van der Waals surface area contributed by atoms with Crippen LogP contribution in [0.1, 0.15) is 5.56 Å². The minimum Gasteiger partial charge on any atom is -0.355 e. The molecular weight excluding hydrogens is 346 g/mol. The molecule has 4 aromatic rings. The lowest BCUT2D eigenvalue weighted by Crippen LogP contribution is -2.27. The number of carbonyl (C=O) groups is 1. The van der Waals surface area contributed by atoms with Crippen molar-refractivity contribution in [1.29, 1.82) is 0 Å². The van der Waals surface area contributed by atoms with Crippen LogP contribution in [0.15, 0.2) is 59.8 Å². The Morgan fingerprint density at radius 1 is 1.04 bits per heavy atom. The number of hydrogen-bond acceptors (Lipinski definition) is 5. The van der Waals surface area contributed by atoms with E-state index in [1.54, 1.807) is 0 Å². The molecule has 2 N–H and O–H groups in total. The van der Waals surface area contributed by atoms with E-state index in [4.69, 9.17) is 0 Å². The maximum absolute atomic E-state index is 12.0. The van der Waals surface area contributed by atoms with Crippen molar-refractivity contribution in [2.24, 2.45) is 0 Å². The molecule has 2 aromatic carbocycles. The Kier molecular flexibility index (Phi) is 4.79. The second kappa shape index (κ2) is 7.53. The summed E-state index contributed by atoms with van der Waals surface area (Å²) in [6.45, 7) is 0.615. The number of aromatic amines is 1. The first-order valence-corrected chi connectivity index (χ1v) is 9.33. The van der Waals surface area contributed by atoms with Gasteiger partial charge in [0.25, 0.3) is 0 Å². The number of aromatic nitrogens is 4. The highest BCUT2D eigenvalue weighted by Crippen LogP contribution is 2.23. The van der Waals surface area contributed by atoms with Gasteiger partial charge in [-0.2, -0.15) is 0 Å². The lowest BCUT2D eigenvalue weighted by atomic mass is 10.1. The van der Waals surface area contributed by atoms with Crippen LogP contribution in [0.3, 0.4) is 0 Å². The molecule has 0 spiro atoms. The van der Waals surface area contributed by atoms with Gasteiger partial charge in [0.05, 0.1) is 5.75 Å². The monoisotopic (exact) mass is 363 g/mol. The summed E-state index contributed by atoms with van der Waals surface area (Å²) in [6, 6.07) is 18.0. The molecule has 0 aliphatic carbocycles. The molecule has 6 nitrogen and oxygen atoms in total. The first-order chi connectivity index (χ1) is 12.8. The number of H-pyrrole nitrogens is 1. The van der Waals surface area contributed by atoms with Gasteiger partial charge in [-0.25, -0.2) is 4.98 Å². The first-order valence-electron chi connectivity index (χ1n) is 8.34. The Bertz CT molecular complexity index is 1050. The number of carbonyl (C=O) groups excluding carboxylic acids is 1. The largest absolute Gasteiger partial charge is 0.355 e. The molecule has 130 valence electrons. The Morgan fingerprint density at radius 3 is 2.73 bits per heavy atom. The van der Waals surface area contributed by atoms with Crippen LogP contribution in [-0.2, 0) is 11.2 Å². The van der Waals surface area contributed by atoms with Crippen LogP contribution in [0.4, 0.5) is 0 Å². The number of nitrogens with one attached hydrogen (secondary N) is 2. The van der Waals surface area contributed by atoms with Crippen LogP contribution < -0.4 is 5.32 Å². The Balaban J connectivity index is 1.35. The number of thioether (sulfide) groups is 1. The van der Waals surface area contributed by atoms with E-state index >= 15 is 0 Å². The van der Waals surface area contributed by atoms with Gasteiger partial charge in [0.2, 0.25) is 11.1 Å². The van der Waals surface area contributed by atoms with E-state index in [9.17, 15) is 4.79 Å². The fourth-order valence-electron chi connectivity index (χ4n) is 2.74. The average molecular weight is 363 g/mol. The van der Waals surface area contributed by atoms with Crippen molar-refractivity contribution in [3.63, 3.8) is 0 Å². The number of nitrogens with zero attached hydrogens (tertiary/aromatic N) is 3. The van der Waals surface area contributed by atoms with E-state index in [1.165, 1.54) is 17.3 Å². The summed E-state index contributed by atoms with van der Waals surface area (Å²) >= 11 is 1.29. The van der Waals surface area contributed by atoms with Gasteiger partial charge in [-0.05, 0) is 18.1 Å². The zero-order valence-electron chi connectivity index (χ0n) is 14.0. The van der Waals surface area contributed by atoms with E-state index in [2.05, 4.69) is 37.6 Å². The molecule has 0 aliphatic rings. The molecule has 4 rings (SSSR count). The van der Waals surface area contributed by atoms with E-state index < -0.39 is 0 Å². The molecule has 0 radical (unpaired) electrons. The highest BCUT2D eigenvalue weighted by molar-refractivity contribution is 7.99. The van der Waals surface area contributed by atoms with Crippen LogP contribution in [0.2, 0.25) is 0 Å². The van der Waals surface area contributed by atoms with E-state index in [1.807, 2.05) is 42.5 Å². The molecule has 0 saturated carbocycles. The molecule has 0 aliphatic heterocycles. The third kappa shape index (κ3) is 3.67. The summed E-state index contributed by atoms with van der Waals surface area (Å²) in [5.74, 6) is 0.234. The van der Waals surface area contributed by atoms with Gasteiger partial charge in [-0.1, -0.05) is 60.3 Å². The molecule has 0 atom stereocenters. The van der Waals surface area contributed by atoms with Crippen molar-refractivity contribution in [2.75, 3.05) is 12.3 Å². The second-order valence-corrected chi connectivity index (χ2v) is 6.78. The molecule has 0 fully saturated rings. The van der Waals surface area contributed by atoms with Crippen LogP contribution in [0.5, 0.6) is 0 Å². The topological polar surface area (TPSA) is 83.6 Å². The molecule has 0 bridgehead atoms. The summed E-state index contributed by atoms with van der Waals surface area (Å²) < 4.78 is 0. The van der Waals surface area contributed by atoms with Crippen molar-refractivity contribution in [1.82, 2.24) is 25.5 Å². The van der Waals surface area contributed by atoms with Crippen molar-refractivity contribution in [3.8, 4) is 0 Å². The molecule has 1 amide bonds.